The lowest BCUT2D eigenvalue weighted by Gasteiger charge is -2.14. The maximum Gasteiger partial charge on any atom is 0.243 e. The van der Waals surface area contributed by atoms with E-state index in [1.165, 1.54) is 23.5 Å². The van der Waals surface area contributed by atoms with Gasteiger partial charge in [-0.15, -0.1) is 0 Å². The highest BCUT2D eigenvalue weighted by Gasteiger charge is 2.22. The number of nitrogens with two attached hydrogens (primary N) is 1. The number of thiophene rings is 1. The molecule has 0 amide bonds. The van der Waals surface area contributed by atoms with Crippen LogP contribution in [0.5, 0.6) is 0 Å². The number of para-hydroxylation sites is 1. The van der Waals surface area contributed by atoms with Crippen LogP contribution in [0.4, 0.5) is 10.1 Å². The van der Waals surface area contributed by atoms with E-state index in [-0.39, 0.29) is 10.6 Å². The van der Waals surface area contributed by atoms with Crippen LogP contribution in [0.2, 0.25) is 0 Å². The molecule has 2 aromatic rings. The van der Waals surface area contributed by atoms with Gasteiger partial charge in [-0.1, -0.05) is 6.07 Å². The third-order valence-electron chi connectivity index (χ3n) is 2.68. The first kappa shape index (κ1) is 14.0. The molecule has 0 saturated heterocycles. The molecule has 7 heteroatoms. The molecule has 19 heavy (non-hydrogen) atoms. The van der Waals surface area contributed by atoms with Crippen molar-refractivity contribution in [3.63, 3.8) is 0 Å². The first-order valence-corrected chi connectivity index (χ1v) is 7.93. The Bertz CT molecular complexity index is 669. The molecule has 102 valence electrons. The first-order valence-electron chi connectivity index (χ1n) is 5.50. The molecule has 0 fully saturated rings. The minimum Gasteiger partial charge on any atom is -0.395 e. The van der Waals surface area contributed by atoms with Crippen molar-refractivity contribution in [3.05, 3.63) is 46.4 Å². The number of rotatable bonds is 4. The molecule has 1 unspecified atom stereocenters. The fourth-order valence-corrected chi connectivity index (χ4v) is 3.76. The fourth-order valence-electron chi connectivity index (χ4n) is 1.64. The van der Waals surface area contributed by atoms with Crippen LogP contribution in [-0.2, 0) is 10.0 Å². The summed E-state index contributed by atoms with van der Waals surface area (Å²) in [6.45, 7) is 1.72. The molecule has 0 aliphatic carbocycles. The van der Waals surface area contributed by atoms with Gasteiger partial charge in [-0.2, -0.15) is 11.3 Å². The molecule has 0 saturated carbocycles. The number of hydrogen-bond acceptors (Lipinski definition) is 4. The van der Waals surface area contributed by atoms with Gasteiger partial charge in [0, 0.05) is 6.04 Å². The maximum atomic E-state index is 13.3. The maximum absolute atomic E-state index is 13.3. The van der Waals surface area contributed by atoms with E-state index < -0.39 is 21.9 Å². The largest absolute Gasteiger partial charge is 0.395 e. The topological polar surface area (TPSA) is 72.2 Å². The summed E-state index contributed by atoms with van der Waals surface area (Å²) in [7, 11) is -3.85. The van der Waals surface area contributed by atoms with Crippen LogP contribution >= 0.6 is 11.3 Å². The Morgan fingerprint density at radius 3 is 2.74 bits per heavy atom. The number of nitrogen functional groups attached to an aromatic ring is 1. The number of hydrogen-bond donors (Lipinski definition) is 2. The van der Waals surface area contributed by atoms with E-state index in [0.29, 0.717) is 0 Å². The van der Waals surface area contributed by atoms with E-state index in [0.717, 1.165) is 11.6 Å². The van der Waals surface area contributed by atoms with Crippen LogP contribution in [0.25, 0.3) is 0 Å². The average molecular weight is 300 g/mol. The molecule has 1 atom stereocenters. The molecular formula is C12H13FN2O2S2. The van der Waals surface area contributed by atoms with Crippen molar-refractivity contribution in [1.29, 1.82) is 0 Å². The van der Waals surface area contributed by atoms with E-state index >= 15 is 0 Å². The zero-order valence-corrected chi connectivity index (χ0v) is 11.8. The minimum absolute atomic E-state index is 0.241. The van der Waals surface area contributed by atoms with Gasteiger partial charge >= 0.3 is 0 Å². The van der Waals surface area contributed by atoms with Crippen LogP contribution in [0.3, 0.4) is 0 Å². The zero-order valence-electron chi connectivity index (χ0n) is 10.1. The van der Waals surface area contributed by atoms with E-state index in [1.807, 2.05) is 16.8 Å². The fraction of sp³-hybridized carbons (Fsp3) is 0.167. The summed E-state index contributed by atoms with van der Waals surface area (Å²) in [5, 5.41) is 3.71. The van der Waals surface area contributed by atoms with Crippen molar-refractivity contribution >= 4 is 27.0 Å². The Kier molecular flexibility index (Phi) is 3.88. The summed E-state index contributed by atoms with van der Waals surface area (Å²) in [6.07, 6.45) is 0. The Balaban J connectivity index is 2.31. The van der Waals surface area contributed by atoms with Crippen LogP contribution in [0, 0.1) is 5.82 Å². The number of anilines is 1. The van der Waals surface area contributed by atoms with Gasteiger partial charge in [0.05, 0.1) is 5.69 Å². The molecular weight excluding hydrogens is 287 g/mol. The predicted molar refractivity (Wildman–Crippen MR) is 73.9 cm³/mol. The Morgan fingerprint density at radius 1 is 1.37 bits per heavy atom. The number of nitrogens with one attached hydrogen (secondary N) is 1. The molecule has 0 aliphatic heterocycles. The van der Waals surface area contributed by atoms with Gasteiger partial charge in [-0.3, -0.25) is 0 Å². The van der Waals surface area contributed by atoms with Gasteiger partial charge in [-0.05, 0) is 41.4 Å². The minimum atomic E-state index is -3.85. The lowest BCUT2D eigenvalue weighted by atomic mass is 10.2. The molecule has 0 radical (unpaired) electrons. The Labute approximate surface area is 115 Å². The number of halogens is 1. The van der Waals surface area contributed by atoms with Crippen LogP contribution in [0.15, 0.2) is 39.9 Å². The summed E-state index contributed by atoms with van der Waals surface area (Å²) >= 11 is 1.48. The molecule has 0 aliphatic rings. The molecule has 1 aromatic carbocycles. The van der Waals surface area contributed by atoms with Crippen molar-refractivity contribution in [2.45, 2.75) is 17.9 Å². The number of sulfonamides is 1. The third kappa shape index (κ3) is 2.94. The molecule has 2 rings (SSSR count). The highest BCUT2D eigenvalue weighted by atomic mass is 32.2. The molecule has 4 nitrogen and oxygen atoms in total. The van der Waals surface area contributed by atoms with E-state index in [2.05, 4.69) is 4.72 Å². The SMILES string of the molecule is CC(NS(=O)(=O)c1cccc(F)c1N)c1ccsc1. The van der Waals surface area contributed by atoms with Gasteiger partial charge in [0.25, 0.3) is 0 Å². The van der Waals surface area contributed by atoms with Gasteiger partial charge in [-0.25, -0.2) is 17.5 Å². The summed E-state index contributed by atoms with van der Waals surface area (Å²) in [5.74, 6) is -0.744. The van der Waals surface area contributed by atoms with E-state index in [4.69, 9.17) is 5.73 Å². The summed E-state index contributed by atoms with van der Waals surface area (Å²) < 4.78 is 40.1. The third-order valence-corrected chi connectivity index (χ3v) is 4.98. The molecule has 3 N–H and O–H groups in total. The molecule has 1 heterocycles. The lowest BCUT2D eigenvalue weighted by molar-refractivity contribution is 0.565. The summed E-state index contributed by atoms with van der Waals surface area (Å²) in [4.78, 5) is -0.241. The second-order valence-corrected chi connectivity index (χ2v) is 6.51. The quantitative estimate of drug-likeness (QED) is 0.852. The van der Waals surface area contributed by atoms with Gasteiger partial charge in [0.15, 0.2) is 0 Å². The normalized spacial score (nSPS) is 13.4. The highest BCUT2D eigenvalue weighted by molar-refractivity contribution is 7.89. The predicted octanol–water partition coefficient (Wildman–Crippen LogP) is 2.51. The van der Waals surface area contributed by atoms with Gasteiger partial charge < -0.3 is 5.73 Å². The summed E-state index contributed by atoms with van der Waals surface area (Å²) in [6, 6.07) is 5.14. The highest BCUT2D eigenvalue weighted by Crippen LogP contribution is 2.24. The van der Waals surface area contributed by atoms with E-state index in [1.54, 1.807) is 6.92 Å². The van der Waals surface area contributed by atoms with Crippen LogP contribution < -0.4 is 10.5 Å². The Morgan fingerprint density at radius 2 is 2.11 bits per heavy atom. The first-order chi connectivity index (χ1) is 8.92. The monoisotopic (exact) mass is 300 g/mol. The van der Waals surface area contributed by atoms with Gasteiger partial charge in [0.2, 0.25) is 10.0 Å². The summed E-state index contributed by atoms with van der Waals surface area (Å²) in [5.41, 5.74) is 5.95. The van der Waals surface area contributed by atoms with Crippen molar-refractivity contribution in [2.24, 2.45) is 0 Å². The standard InChI is InChI=1S/C12H13FN2O2S2/c1-8(9-5-6-18-7-9)15-19(16,17)11-4-2-3-10(13)12(11)14/h2-8,15H,14H2,1H3. The average Bonchev–Trinajstić information content (AvgIpc) is 2.85. The van der Waals surface area contributed by atoms with Crippen molar-refractivity contribution in [1.82, 2.24) is 4.72 Å². The van der Waals surface area contributed by atoms with Crippen molar-refractivity contribution in [3.8, 4) is 0 Å². The van der Waals surface area contributed by atoms with Crippen LogP contribution in [0.1, 0.15) is 18.5 Å². The van der Waals surface area contributed by atoms with E-state index in [9.17, 15) is 12.8 Å². The molecule has 0 spiro atoms. The van der Waals surface area contributed by atoms with Gasteiger partial charge in [0.1, 0.15) is 10.7 Å². The zero-order chi connectivity index (χ0) is 14.0. The molecule has 0 bridgehead atoms. The van der Waals surface area contributed by atoms with Crippen molar-refractivity contribution in [2.75, 3.05) is 5.73 Å². The smallest absolute Gasteiger partial charge is 0.243 e. The Hall–Kier alpha value is -1.44. The molecule has 1 aromatic heterocycles. The second-order valence-electron chi connectivity index (χ2n) is 4.05. The lowest BCUT2D eigenvalue weighted by Crippen LogP contribution is -2.27. The second kappa shape index (κ2) is 5.28. The number of benzene rings is 1. The van der Waals surface area contributed by atoms with Crippen LogP contribution in [-0.4, -0.2) is 8.42 Å². The van der Waals surface area contributed by atoms with Crippen molar-refractivity contribution < 1.29 is 12.8 Å².